The van der Waals surface area contributed by atoms with Crippen LogP contribution in [0.5, 0.6) is 0 Å². The highest BCUT2D eigenvalue weighted by molar-refractivity contribution is 6.76. The number of aromatic nitrogens is 4. The maximum Gasteiger partial charge on any atom is 0.341 e. The lowest BCUT2D eigenvalue weighted by molar-refractivity contribution is 0.0521. The number of hydrogen-bond donors (Lipinski definition) is 0. The van der Waals surface area contributed by atoms with E-state index in [9.17, 15) is 4.79 Å². The van der Waals surface area contributed by atoms with Gasteiger partial charge in [-0.05, 0) is 44.3 Å². The SMILES string of the molecule is CCOC(=O)c1cccc(-c2ncc3c(n2)c(-c2ccc(N4CCN(C)CC4)cc2)nn3COCC[Si](C)(C)C)c1F. The van der Waals surface area contributed by atoms with Crippen molar-refractivity contribution in [2.45, 2.75) is 39.3 Å². The lowest BCUT2D eigenvalue weighted by Gasteiger charge is -2.34. The first-order valence-corrected chi connectivity index (χ1v) is 18.2. The summed E-state index contributed by atoms with van der Waals surface area (Å²) >= 11 is 0. The van der Waals surface area contributed by atoms with Crippen molar-refractivity contribution in [2.75, 3.05) is 51.3 Å². The lowest BCUT2D eigenvalue weighted by atomic mass is 10.1. The van der Waals surface area contributed by atoms with Gasteiger partial charge < -0.3 is 19.3 Å². The molecule has 0 unspecified atom stereocenters. The zero-order valence-electron chi connectivity index (χ0n) is 25.1. The predicted octanol–water partition coefficient (Wildman–Crippen LogP) is 5.54. The van der Waals surface area contributed by atoms with Crippen molar-refractivity contribution in [1.82, 2.24) is 24.6 Å². The zero-order chi connectivity index (χ0) is 29.9. The molecule has 3 heterocycles. The first-order valence-electron chi connectivity index (χ1n) is 14.5. The van der Waals surface area contributed by atoms with Crippen molar-refractivity contribution in [3.63, 3.8) is 0 Å². The number of carbonyl (C=O) groups excluding carboxylic acids is 1. The molecule has 9 nitrogen and oxygen atoms in total. The first kappa shape index (κ1) is 29.8. The van der Waals surface area contributed by atoms with E-state index >= 15 is 4.39 Å². The van der Waals surface area contributed by atoms with Gasteiger partial charge in [0.25, 0.3) is 0 Å². The molecule has 5 rings (SSSR count). The average molecular weight is 591 g/mol. The Bertz CT molecular complexity index is 1550. The normalized spacial score (nSPS) is 14.5. The smallest absolute Gasteiger partial charge is 0.341 e. The van der Waals surface area contributed by atoms with Crippen molar-refractivity contribution >= 4 is 30.8 Å². The van der Waals surface area contributed by atoms with Crippen LogP contribution in [0, 0.1) is 5.82 Å². The summed E-state index contributed by atoms with van der Waals surface area (Å²) < 4.78 is 28.3. The van der Waals surface area contributed by atoms with E-state index in [2.05, 4.69) is 65.7 Å². The van der Waals surface area contributed by atoms with Gasteiger partial charge in [0.05, 0.1) is 23.9 Å². The highest BCUT2D eigenvalue weighted by Gasteiger charge is 2.22. The van der Waals surface area contributed by atoms with Crippen LogP contribution in [0.15, 0.2) is 48.7 Å². The highest BCUT2D eigenvalue weighted by Crippen LogP contribution is 2.31. The van der Waals surface area contributed by atoms with Gasteiger partial charge in [0, 0.05) is 52.1 Å². The van der Waals surface area contributed by atoms with Gasteiger partial charge in [0.1, 0.15) is 29.3 Å². The van der Waals surface area contributed by atoms with Crippen LogP contribution >= 0.6 is 0 Å². The molecule has 0 amide bonds. The standard InChI is InChI=1S/C31H39FN6O3Si/c1-6-41-31(39)25-9-7-8-24(27(25)32)30-33-20-26-29(34-30)28(35-38(26)21-40-18-19-42(3,4)5)22-10-12-23(13-11-22)37-16-14-36(2)15-17-37/h7-13,20H,6,14-19,21H2,1-5H3. The van der Waals surface area contributed by atoms with Crippen molar-refractivity contribution in [1.29, 1.82) is 0 Å². The number of piperazine rings is 1. The number of rotatable bonds is 10. The zero-order valence-corrected chi connectivity index (χ0v) is 26.1. The molecule has 0 saturated carbocycles. The number of anilines is 1. The molecule has 2 aromatic carbocycles. The average Bonchev–Trinajstić information content (AvgIpc) is 3.33. The molecule has 1 aliphatic rings. The fraction of sp³-hybridized carbons (Fsp3) is 0.419. The Labute approximate surface area is 247 Å². The molecule has 0 spiro atoms. The fourth-order valence-electron chi connectivity index (χ4n) is 4.88. The van der Waals surface area contributed by atoms with Gasteiger partial charge in [-0.15, -0.1) is 0 Å². The molecule has 1 saturated heterocycles. The minimum Gasteiger partial charge on any atom is -0.462 e. The Morgan fingerprint density at radius 3 is 2.48 bits per heavy atom. The summed E-state index contributed by atoms with van der Waals surface area (Å²) in [4.78, 5) is 26.3. The minimum atomic E-state index is -1.24. The number of carbonyl (C=O) groups is 1. The third-order valence-electron chi connectivity index (χ3n) is 7.45. The summed E-state index contributed by atoms with van der Waals surface area (Å²) in [5.41, 5.74) is 3.97. The summed E-state index contributed by atoms with van der Waals surface area (Å²) in [5, 5.41) is 4.89. The molecular weight excluding hydrogens is 551 g/mol. The number of fused-ring (bicyclic) bond motifs is 1. The third kappa shape index (κ3) is 6.69. The summed E-state index contributed by atoms with van der Waals surface area (Å²) in [6.07, 6.45) is 1.64. The summed E-state index contributed by atoms with van der Waals surface area (Å²) in [7, 11) is 0.901. The van der Waals surface area contributed by atoms with E-state index in [-0.39, 0.29) is 30.3 Å². The van der Waals surface area contributed by atoms with Gasteiger partial charge in [-0.2, -0.15) is 5.10 Å². The summed E-state index contributed by atoms with van der Waals surface area (Å²) in [5.74, 6) is -1.27. The number of likely N-dealkylation sites (N-methyl/N-ethyl adjacent to an activating group) is 1. The van der Waals surface area contributed by atoms with Gasteiger partial charge >= 0.3 is 5.97 Å². The Balaban J connectivity index is 1.51. The van der Waals surface area contributed by atoms with Gasteiger partial charge in [0.15, 0.2) is 5.82 Å². The van der Waals surface area contributed by atoms with E-state index in [1.165, 1.54) is 11.8 Å². The molecule has 0 atom stereocenters. The van der Waals surface area contributed by atoms with E-state index in [4.69, 9.17) is 19.6 Å². The molecule has 42 heavy (non-hydrogen) atoms. The number of halogens is 1. The quantitative estimate of drug-likeness (QED) is 0.135. The van der Waals surface area contributed by atoms with Gasteiger partial charge in [-0.1, -0.05) is 37.8 Å². The van der Waals surface area contributed by atoms with Crippen molar-refractivity contribution in [3.05, 3.63) is 60.0 Å². The van der Waals surface area contributed by atoms with Gasteiger partial charge in [-0.3, -0.25) is 0 Å². The number of esters is 1. The van der Waals surface area contributed by atoms with Crippen LogP contribution in [0.1, 0.15) is 17.3 Å². The second-order valence-electron chi connectivity index (χ2n) is 11.8. The minimum absolute atomic E-state index is 0.123. The maximum atomic E-state index is 15.5. The predicted molar refractivity (Wildman–Crippen MR) is 166 cm³/mol. The second kappa shape index (κ2) is 12.7. The van der Waals surface area contributed by atoms with Crippen molar-refractivity contribution in [3.8, 4) is 22.6 Å². The lowest BCUT2D eigenvalue weighted by Crippen LogP contribution is -2.44. The monoisotopic (exact) mass is 590 g/mol. The Hall–Kier alpha value is -3.67. The number of nitrogens with zero attached hydrogens (tertiary/aromatic N) is 6. The first-order chi connectivity index (χ1) is 20.1. The molecule has 4 aromatic rings. The Morgan fingerprint density at radius 2 is 1.79 bits per heavy atom. The fourth-order valence-corrected chi connectivity index (χ4v) is 5.64. The van der Waals surface area contributed by atoms with E-state index in [0.717, 1.165) is 37.8 Å². The van der Waals surface area contributed by atoms with Gasteiger partial charge in [-0.25, -0.2) is 23.8 Å². The van der Waals surface area contributed by atoms with Crippen LogP contribution in [0.4, 0.5) is 10.1 Å². The van der Waals surface area contributed by atoms with Crippen LogP contribution in [0.3, 0.4) is 0 Å². The van der Waals surface area contributed by atoms with E-state index in [0.29, 0.717) is 23.3 Å². The highest BCUT2D eigenvalue weighted by atomic mass is 28.3. The van der Waals surface area contributed by atoms with E-state index < -0.39 is 19.9 Å². The molecule has 11 heteroatoms. The Morgan fingerprint density at radius 1 is 1.05 bits per heavy atom. The van der Waals surface area contributed by atoms with Crippen LogP contribution < -0.4 is 4.90 Å². The molecule has 2 aromatic heterocycles. The Kier molecular flexibility index (Phi) is 9.00. The topological polar surface area (TPSA) is 85.6 Å². The van der Waals surface area contributed by atoms with Crippen molar-refractivity contribution < 1.29 is 18.7 Å². The molecule has 222 valence electrons. The molecular formula is C31H39FN6O3Si. The molecule has 0 N–H and O–H groups in total. The van der Waals surface area contributed by atoms with Gasteiger partial charge in [0.2, 0.25) is 0 Å². The molecule has 0 radical (unpaired) electrons. The van der Waals surface area contributed by atoms with Crippen LogP contribution in [-0.4, -0.2) is 85.1 Å². The number of benzene rings is 2. The van der Waals surface area contributed by atoms with E-state index in [1.54, 1.807) is 29.9 Å². The molecule has 0 bridgehead atoms. The summed E-state index contributed by atoms with van der Waals surface area (Å²) in [6, 6.07) is 13.9. The largest absolute Gasteiger partial charge is 0.462 e. The number of ether oxygens (including phenoxy) is 2. The molecule has 0 aliphatic carbocycles. The van der Waals surface area contributed by atoms with Crippen LogP contribution in [-0.2, 0) is 16.2 Å². The van der Waals surface area contributed by atoms with Crippen LogP contribution in [0.2, 0.25) is 25.7 Å². The third-order valence-corrected chi connectivity index (χ3v) is 9.15. The second-order valence-corrected chi connectivity index (χ2v) is 17.5. The number of hydrogen-bond acceptors (Lipinski definition) is 8. The van der Waals surface area contributed by atoms with Crippen LogP contribution in [0.25, 0.3) is 33.7 Å². The molecule has 1 fully saturated rings. The maximum absolute atomic E-state index is 15.5. The van der Waals surface area contributed by atoms with E-state index in [1.807, 2.05) is 0 Å². The summed E-state index contributed by atoms with van der Waals surface area (Å²) in [6.45, 7) is 13.7. The molecule has 1 aliphatic heterocycles. The van der Waals surface area contributed by atoms with Crippen molar-refractivity contribution in [2.24, 2.45) is 0 Å².